The highest BCUT2D eigenvalue weighted by atomic mass is 32.1. The molecule has 0 saturated carbocycles. The number of nitrogens with zero attached hydrogens (tertiary/aromatic N) is 1. The van der Waals surface area contributed by atoms with E-state index in [9.17, 15) is 0 Å². The summed E-state index contributed by atoms with van der Waals surface area (Å²) in [7, 11) is 0. The highest BCUT2D eigenvalue weighted by Gasteiger charge is 2.16. The van der Waals surface area contributed by atoms with Gasteiger partial charge in [-0.05, 0) is 25.3 Å². The van der Waals surface area contributed by atoms with Crippen molar-refractivity contribution in [3.63, 3.8) is 0 Å². The van der Waals surface area contributed by atoms with Gasteiger partial charge in [-0.2, -0.15) is 0 Å². The molecule has 0 bridgehead atoms. The summed E-state index contributed by atoms with van der Waals surface area (Å²) < 4.78 is 5.01. The van der Waals surface area contributed by atoms with E-state index in [1.807, 2.05) is 17.4 Å². The van der Waals surface area contributed by atoms with Crippen LogP contribution in [0.3, 0.4) is 0 Å². The Labute approximate surface area is 98.5 Å². The minimum Gasteiger partial charge on any atom is -0.472 e. The van der Waals surface area contributed by atoms with Crippen molar-refractivity contribution in [3.05, 3.63) is 39.7 Å². The van der Waals surface area contributed by atoms with Crippen LogP contribution in [0.4, 0.5) is 0 Å². The van der Waals surface area contributed by atoms with Gasteiger partial charge in [0.1, 0.15) is 5.01 Å². The first kappa shape index (κ1) is 10.1. The number of aryl methyl sites for hydroxylation is 2. The van der Waals surface area contributed by atoms with Crippen LogP contribution in [-0.2, 0) is 25.9 Å². The van der Waals surface area contributed by atoms with E-state index in [1.54, 1.807) is 12.5 Å². The zero-order valence-corrected chi connectivity index (χ0v) is 9.85. The zero-order valence-electron chi connectivity index (χ0n) is 9.03. The molecule has 2 heterocycles. The first-order chi connectivity index (χ1) is 7.92. The fourth-order valence-corrected chi connectivity index (χ4v) is 3.15. The van der Waals surface area contributed by atoms with Crippen molar-refractivity contribution < 1.29 is 4.42 Å². The van der Waals surface area contributed by atoms with Gasteiger partial charge in [0.05, 0.1) is 18.2 Å². The van der Waals surface area contributed by atoms with Gasteiger partial charge < -0.3 is 9.73 Å². The third-order valence-corrected chi connectivity index (χ3v) is 3.98. The van der Waals surface area contributed by atoms with Gasteiger partial charge in [-0.25, -0.2) is 4.98 Å². The fraction of sp³-hybridized carbons (Fsp3) is 0.417. The predicted molar refractivity (Wildman–Crippen MR) is 63.4 cm³/mol. The van der Waals surface area contributed by atoms with Gasteiger partial charge in [-0.15, -0.1) is 11.3 Å². The lowest BCUT2D eigenvalue weighted by molar-refractivity contribution is 0.560. The molecule has 2 aromatic rings. The molecule has 0 atom stereocenters. The molecule has 84 valence electrons. The van der Waals surface area contributed by atoms with Crippen LogP contribution in [0, 0.1) is 0 Å². The Hall–Kier alpha value is -1.13. The molecule has 2 aromatic heterocycles. The van der Waals surface area contributed by atoms with Gasteiger partial charge in [-0.1, -0.05) is 0 Å². The second-order valence-corrected chi connectivity index (χ2v) is 5.23. The summed E-state index contributed by atoms with van der Waals surface area (Å²) in [6.45, 7) is 1.71. The highest BCUT2D eigenvalue weighted by molar-refractivity contribution is 7.11. The summed E-state index contributed by atoms with van der Waals surface area (Å²) in [5.41, 5.74) is 2.52. The van der Waals surface area contributed by atoms with E-state index in [0.717, 1.165) is 13.1 Å². The lowest BCUT2D eigenvalue weighted by Gasteiger charge is -1.99. The molecule has 3 rings (SSSR count). The van der Waals surface area contributed by atoms with Crippen LogP contribution in [-0.4, -0.2) is 4.98 Å². The lowest BCUT2D eigenvalue weighted by atomic mass is 10.3. The number of aromatic nitrogens is 1. The number of hydrogen-bond acceptors (Lipinski definition) is 4. The Morgan fingerprint density at radius 1 is 1.38 bits per heavy atom. The second kappa shape index (κ2) is 4.39. The van der Waals surface area contributed by atoms with Gasteiger partial charge in [0.15, 0.2) is 0 Å². The zero-order chi connectivity index (χ0) is 10.8. The second-order valence-electron chi connectivity index (χ2n) is 4.07. The summed E-state index contributed by atoms with van der Waals surface area (Å²) in [5.74, 6) is 0. The van der Waals surface area contributed by atoms with Crippen LogP contribution >= 0.6 is 11.3 Å². The van der Waals surface area contributed by atoms with Crippen LogP contribution in [0.5, 0.6) is 0 Å². The lowest BCUT2D eigenvalue weighted by Crippen LogP contribution is -2.11. The fourth-order valence-electron chi connectivity index (χ4n) is 2.03. The molecule has 1 aliphatic rings. The molecule has 0 aromatic carbocycles. The number of rotatable bonds is 4. The predicted octanol–water partition coefficient (Wildman–Crippen LogP) is 2.51. The first-order valence-electron chi connectivity index (χ1n) is 5.61. The van der Waals surface area contributed by atoms with E-state index in [1.165, 1.54) is 40.4 Å². The van der Waals surface area contributed by atoms with Crippen LogP contribution in [0.1, 0.15) is 27.6 Å². The number of hydrogen-bond donors (Lipinski definition) is 1. The van der Waals surface area contributed by atoms with Crippen molar-refractivity contribution in [1.29, 1.82) is 0 Å². The Morgan fingerprint density at radius 2 is 2.38 bits per heavy atom. The van der Waals surface area contributed by atoms with Crippen molar-refractivity contribution in [2.24, 2.45) is 0 Å². The average molecular weight is 234 g/mol. The van der Waals surface area contributed by atoms with Gasteiger partial charge in [0.25, 0.3) is 0 Å². The Morgan fingerprint density at radius 3 is 3.19 bits per heavy atom. The molecule has 0 fully saturated rings. The monoisotopic (exact) mass is 234 g/mol. The highest BCUT2D eigenvalue weighted by Crippen LogP contribution is 2.27. The summed E-state index contributed by atoms with van der Waals surface area (Å²) in [6.07, 6.45) is 7.17. The van der Waals surface area contributed by atoms with Crippen LogP contribution < -0.4 is 5.32 Å². The molecule has 0 radical (unpaired) electrons. The van der Waals surface area contributed by atoms with E-state index in [2.05, 4.69) is 10.3 Å². The maximum atomic E-state index is 5.01. The number of nitrogens with one attached hydrogen (secondary N) is 1. The van der Waals surface area contributed by atoms with E-state index in [0.29, 0.717) is 0 Å². The molecular formula is C12H14N2OS. The normalized spacial score (nSPS) is 14.2. The smallest absolute Gasteiger partial charge is 0.107 e. The van der Waals surface area contributed by atoms with E-state index < -0.39 is 0 Å². The van der Waals surface area contributed by atoms with E-state index >= 15 is 0 Å². The maximum absolute atomic E-state index is 5.01. The Balaban J connectivity index is 1.54. The molecule has 3 nitrogen and oxygen atoms in total. The molecule has 0 spiro atoms. The molecule has 0 aliphatic heterocycles. The molecule has 0 saturated heterocycles. The molecule has 1 aliphatic carbocycles. The van der Waals surface area contributed by atoms with Crippen LogP contribution in [0.25, 0.3) is 0 Å². The van der Waals surface area contributed by atoms with Crippen molar-refractivity contribution in [2.45, 2.75) is 32.4 Å². The van der Waals surface area contributed by atoms with Crippen LogP contribution in [0.2, 0.25) is 0 Å². The Bertz CT molecular complexity index is 440. The maximum Gasteiger partial charge on any atom is 0.107 e. The van der Waals surface area contributed by atoms with Gasteiger partial charge in [0.2, 0.25) is 0 Å². The number of furan rings is 1. The summed E-state index contributed by atoms with van der Waals surface area (Å²) in [4.78, 5) is 6.14. The van der Waals surface area contributed by atoms with Crippen molar-refractivity contribution in [2.75, 3.05) is 0 Å². The average Bonchev–Trinajstić information content (AvgIpc) is 2.91. The summed E-state index contributed by atoms with van der Waals surface area (Å²) in [5, 5.41) is 4.60. The molecular weight excluding hydrogens is 220 g/mol. The third kappa shape index (κ3) is 2.03. The van der Waals surface area contributed by atoms with Crippen molar-refractivity contribution >= 4 is 11.3 Å². The third-order valence-electron chi connectivity index (χ3n) is 2.83. The van der Waals surface area contributed by atoms with Gasteiger partial charge >= 0.3 is 0 Å². The van der Waals surface area contributed by atoms with Gasteiger partial charge in [-0.3, -0.25) is 0 Å². The minimum absolute atomic E-state index is 0.848. The largest absolute Gasteiger partial charge is 0.472 e. The summed E-state index contributed by atoms with van der Waals surface area (Å²) in [6, 6.07) is 1.98. The number of thiazole rings is 1. The molecule has 1 N–H and O–H groups in total. The first-order valence-corrected chi connectivity index (χ1v) is 6.43. The van der Waals surface area contributed by atoms with Crippen LogP contribution in [0.15, 0.2) is 23.0 Å². The topological polar surface area (TPSA) is 38.1 Å². The molecule has 0 unspecified atom stereocenters. The number of fused-ring (bicyclic) bond motifs is 1. The van der Waals surface area contributed by atoms with Crippen molar-refractivity contribution in [3.8, 4) is 0 Å². The quantitative estimate of drug-likeness (QED) is 0.883. The van der Waals surface area contributed by atoms with E-state index in [-0.39, 0.29) is 0 Å². The molecule has 16 heavy (non-hydrogen) atoms. The Kier molecular flexibility index (Phi) is 2.76. The molecule has 4 heteroatoms. The van der Waals surface area contributed by atoms with E-state index in [4.69, 9.17) is 4.42 Å². The van der Waals surface area contributed by atoms with Crippen molar-refractivity contribution in [1.82, 2.24) is 10.3 Å². The SMILES string of the molecule is c1cc(CNCc2nc3c(s2)CCC3)co1. The minimum atomic E-state index is 0.848. The summed E-state index contributed by atoms with van der Waals surface area (Å²) >= 11 is 1.86. The standard InChI is InChI=1S/C12H14N2OS/c1-2-10-11(3-1)16-12(14-10)7-13-6-9-4-5-15-8-9/h4-5,8,13H,1-3,6-7H2. The molecule has 0 amide bonds. The van der Waals surface area contributed by atoms with Gasteiger partial charge in [0, 0.05) is 23.5 Å².